The summed E-state index contributed by atoms with van der Waals surface area (Å²) in [6.07, 6.45) is 11.5. The van der Waals surface area contributed by atoms with Gasteiger partial charge >= 0.3 is 6.03 Å². The molecule has 1 aromatic rings. The van der Waals surface area contributed by atoms with Gasteiger partial charge in [0.2, 0.25) is 17.6 Å². The maximum absolute atomic E-state index is 14.3. The van der Waals surface area contributed by atoms with Crippen LogP contribution in [0.1, 0.15) is 91.5 Å². The van der Waals surface area contributed by atoms with Gasteiger partial charge in [0, 0.05) is 18.5 Å². The number of nitrogens with zero attached hydrogens (tertiary/aromatic N) is 1. The molecule has 1 aromatic carbocycles. The third-order valence-corrected chi connectivity index (χ3v) is 9.28. The number of terminal acetylenes is 1. The SMILES string of the molecule is C#CCCC(NC(=O)[C@@H]1C[C@@H](C(C)C)CN1C(=O)[C@@H](NC(=O)NC1(Cc2ccccc2)CCCCC1)C(C)(C)C)C(=O)C(N)=O. The Bertz CT molecular complexity index is 1260. The smallest absolute Gasteiger partial charge is 0.315 e. The maximum Gasteiger partial charge on any atom is 0.315 e. The highest BCUT2D eigenvalue weighted by atomic mass is 16.2. The Morgan fingerprint density at radius 2 is 1.69 bits per heavy atom. The minimum absolute atomic E-state index is 0.0199. The van der Waals surface area contributed by atoms with Gasteiger partial charge in [-0.05, 0) is 54.9 Å². The zero-order valence-electron chi connectivity index (χ0n) is 27.5. The second-order valence-corrected chi connectivity index (χ2v) is 14.2. The first-order chi connectivity index (χ1) is 21.2. The van der Waals surface area contributed by atoms with E-state index < -0.39 is 52.7 Å². The first-order valence-electron chi connectivity index (χ1n) is 16.2. The summed E-state index contributed by atoms with van der Waals surface area (Å²) >= 11 is 0. The fraction of sp³-hybridized carbons (Fsp3) is 0.629. The molecule has 1 unspecified atom stereocenters. The summed E-state index contributed by atoms with van der Waals surface area (Å²) in [5, 5.41) is 8.89. The van der Waals surface area contributed by atoms with Gasteiger partial charge in [0.05, 0.1) is 6.04 Å². The van der Waals surface area contributed by atoms with E-state index in [9.17, 15) is 24.0 Å². The first kappa shape index (κ1) is 35.6. The number of likely N-dealkylation sites (tertiary alicyclic amines) is 1. The molecule has 5 N–H and O–H groups in total. The van der Waals surface area contributed by atoms with Crippen molar-refractivity contribution in [2.75, 3.05) is 6.54 Å². The van der Waals surface area contributed by atoms with Crippen molar-refractivity contribution in [3.05, 3.63) is 35.9 Å². The molecule has 10 nitrogen and oxygen atoms in total. The minimum atomic E-state index is -1.18. The fourth-order valence-corrected chi connectivity index (χ4v) is 6.56. The Morgan fingerprint density at radius 3 is 2.24 bits per heavy atom. The van der Waals surface area contributed by atoms with E-state index in [1.54, 1.807) is 0 Å². The standard InChI is InChI=1S/C35H51N5O5/c1-7-8-17-26(28(41)30(36)42)37-31(43)27-20-25(23(2)3)22-40(27)32(44)29(34(4,5)6)38-33(45)39-35(18-13-10-14-19-35)21-24-15-11-9-12-16-24/h1,9,11-12,15-16,23,25-27,29H,8,10,13-14,17-22H2,2-6H3,(H2,36,42)(H,37,43)(H2,38,39,45)/t25-,26?,27+,29-/m1/s1. The third-order valence-electron chi connectivity index (χ3n) is 9.28. The number of amides is 5. The number of urea groups is 1. The van der Waals surface area contributed by atoms with Crippen LogP contribution >= 0.6 is 0 Å². The van der Waals surface area contributed by atoms with Crippen LogP contribution in [0.4, 0.5) is 4.79 Å². The van der Waals surface area contributed by atoms with Gasteiger partial charge in [-0.1, -0.05) is 84.2 Å². The quantitative estimate of drug-likeness (QED) is 0.208. The Hall–Kier alpha value is -3.87. The molecular weight excluding hydrogens is 570 g/mol. The molecule has 4 atom stereocenters. The number of hydrogen-bond acceptors (Lipinski definition) is 5. The average Bonchev–Trinajstić information content (AvgIpc) is 3.44. The number of benzene rings is 1. The zero-order valence-corrected chi connectivity index (χ0v) is 27.5. The monoisotopic (exact) mass is 621 g/mol. The van der Waals surface area contributed by atoms with Crippen LogP contribution in [0.2, 0.25) is 0 Å². The van der Waals surface area contributed by atoms with E-state index in [0.717, 1.165) is 37.7 Å². The third kappa shape index (κ3) is 9.56. The number of Topliss-reactive ketones (excluding diaryl/α,β-unsaturated/α-hetero) is 1. The van der Waals surface area contributed by atoms with E-state index in [1.807, 2.05) is 52.8 Å². The number of carbonyl (C=O) groups is 5. The maximum atomic E-state index is 14.3. The molecule has 5 amide bonds. The summed E-state index contributed by atoms with van der Waals surface area (Å²) in [7, 11) is 0. The van der Waals surface area contributed by atoms with Crippen molar-refractivity contribution in [1.82, 2.24) is 20.9 Å². The Morgan fingerprint density at radius 1 is 1.04 bits per heavy atom. The summed E-state index contributed by atoms with van der Waals surface area (Å²) in [5.74, 6) is -0.416. The van der Waals surface area contributed by atoms with Gasteiger partial charge in [-0.15, -0.1) is 12.3 Å². The zero-order chi connectivity index (χ0) is 33.4. The van der Waals surface area contributed by atoms with Crippen molar-refractivity contribution in [2.45, 2.75) is 116 Å². The summed E-state index contributed by atoms with van der Waals surface area (Å²) in [5.41, 5.74) is 5.27. The molecule has 2 aliphatic rings. The van der Waals surface area contributed by atoms with Gasteiger partial charge in [-0.2, -0.15) is 0 Å². The topological polar surface area (TPSA) is 151 Å². The van der Waals surface area contributed by atoms with E-state index in [-0.39, 0.29) is 30.6 Å². The van der Waals surface area contributed by atoms with E-state index in [1.165, 1.54) is 4.90 Å². The van der Waals surface area contributed by atoms with Crippen molar-refractivity contribution >= 4 is 29.5 Å². The van der Waals surface area contributed by atoms with Crippen LogP contribution in [-0.4, -0.2) is 64.6 Å². The van der Waals surface area contributed by atoms with Crippen LogP contribution in [0.5, 0.6) is 0 Å². The van der Waals surface area contributed by atoms with Crippen molar-refractivity contribution in [3.8, 4) is 12.3 Å². The lowest BCUT2D eigenvalue weighted by atomic mass is 9.77. The number of nitrogens with two attached hydrogens (primary N) is 1. The van der Waals surface area contributed by atoms with Crippen LogP contribution < -0.4 is 21.7 Å². The summed E-state index contributed by atoms with van der Waals surface area (Å²) in [6, 6.07) is 6.67. The number of nitrogens with one attached hydrogen (secondary N) is 3. The van der Waals surface area contributed by atoms with E-state index >= 15 is 0 Å². The van der Waals surface area contributed by atoms with E-state index in [0.29, 0.717) is 19.4 Å². The number of ketones is 1. The second-order valence-electron chi connectivity index (χ2n) is 14.2. The van der Waals surface area contributed by atoms with Crippen molar-refractivity contribution in [3.63, 3.8) is 0 Å². The van der Waals surface area contributed by atoms with Crippen molar-refractivity contribution in [1.29, 1.82) is 0 Å². The molecule has 45 heavy (non-hydrogen) atoms. The molecule has 3 rings (SSSR count). The molecule has 1 aliphatic carbocycles. The van der Waals surface area contributed by atoms with Crippen molar-refractivity contribution in [2.24, 2.45) is 23.0 Å². The van der Waals surface area contributed by atoms with E-state index in [4.69, 9.17) is 12.2 Å². The summed E-state index contributed by atoms with van der Waals surface area (Å²) in [6.45, 7) is 10.0. The van der Waals surface area contributed by atoms with Gasteiger partial charge in [-0.25, -0.2) is 4.79 Å². The molecule has 1 saturated heterocycles. The molecule has 246 valence electrons. The summed E-state index contributed by atoms with van der Waals surface area (Å²) in [4.78, 5) is 67.3. The molecule has 1 heterocycles. The van der Waals surface area contributed by atoms with Crippen molar-refractivity contribution < 1.29 is 24.0 Å². The average molecular weight is 622 g/mol. The Labute approximate surface area is 268 Å². The largest absolute Gasteiger partial charge is 0.363 e. The molecule has 0 radical (unpaired) electrons. The van der Waals surface area contributed by atoms with Crippen LogP contribution in [0.15, 0.2) is 30.3 Å². The first-order valence-corrected chi connectivity index (χ1v) is 16.2. The van der Waals surface area contributed by atoms with Gasteiger partial charge in [-0.3, -0.25) is 19.2 Å². The van der Waals surface area contributed by atoms with Crippen LogP contribution in [-0.2, 0) is 25.6 Å². The van der Waals surface area contributed by atoms with Crippen LogP contribution in [0, 0.1) is 29.6 Å². The van der Waals surface area contributed by atoms with Gasteiger partial charge in [0.25, 0.3) is 5.91 Å². The number of rotatable bonds is 12. The predicted octanol–water partition coefficient (Wildman–Crippen LogP) is 3.47. The molecule has 0 spiro atoms. The van der Waals surface area contributed by atoms with Crippen LogP contribution in [0.25, 0.3) is 0 Å². The normalized spacial score (nSPS) is 20.9. The molecule has 0 bridgehead atoms. The fourth-order valence-electron chi connectivity index (χ4n) is 6.56. The molecule has 0 aromatic heterocycles. The minimum Gasteiger partial charge on any atom is -0.363 e. The van der Waals surface area contributed by atoms with Crippen LogP contribution in [0.3, 0.4) is 0 Å². The lowest BCUT2D eigenvalue weighted by Gasteiger charge is -2.40. The Balaban J connectivity index is 1.83. The highest BCUT2D eigenvalue weighted by Gasteiger charge is 2.46. The van der Waals surface area contributed by atoms with Gasteiger partial charge < -0.3 is 26.6 Å². The molecule has 2 fully saturated rings. The molecule has 10 heteroatoms. The predicted molar refractivity (Wildman–Crippen MR) is 174 cm³/mol. The second kappa shape index (κ2) is 15.4. The molecular formula is C35H51N5O5. The summed E-state index contributed by atoms with van der Waals surface area (Å²) < 4.78 is 0. The Kier molecular flexibility index (Phi) is 12.2. The lowest BCUT2D eigenvalue weighted by Crippen LogP contribution is -2.62. The van der Waals surface area contributed by atoms with Gasteiger partial charge in [0.15, 0.2) is 0 Å². The van der Waals surface area contributed by atoms with Gasteiger partial charge in [0.1, 0.15) is 12.1 Å². The molecule has 1 aliphatic heterocycles. The number of hydrogen-bond donors (Lipinski definition) is 4. The van der Waals surface area contributed by atoms with E-state index in [2.05, 4.69) is 34.0 Å². The highest BCUT2D eigenvalue weighted by Crippen LogP contribution is 2.34. The number of carbonyl (C=O) groups excluding carboxylic acids is 5. The number of primary amides is 1. The highest BCUT2D eigenvalue weighted by molar-refractivity contribution is 6.37. The molecule has 1 saturated carbocycles. The lowest BCUT2D eigenvalue weighted by molar-refractivity contribution is -0.143.